The Morgan fingerprint density at radius 3 is 1.84 bits per heavy atom. The Balaban J connectivity index is 1.60. The number of benzene rings is 3. The zero-order valence-corrected chi connectivity index (χ0v) is 28.8. The molecule has 0 aliphatic heterocycles. The Hall–Kier alpha value is -4.94. The van der Waals surface area contributed by atoms with Gasteiger partial charge in [0.25, 0.3) is 0 Å². The smallest absolute Gasteiger partial charge is 0.322 e. The summed E-state index contributed by atoms with van der Waals surface area (Å²) in [6.07, 6.45) is 4.40. The molecule has 4 rings (SSSR count). The summed E-state index contributed by atoms with van der Waals surface area (Å²) in [5.41, 5.74) is 1.54. The van der Waals surface area contributed by atoms with Crippen LogP contribution < -0.4 is 21.3 Å². The lowest BCUT2D eigenvalue weighted by molar-refractivity contribution is -0.138. The number of unbranched alkanes of at least 4 members (excludes halogenated alkanes) is 1. The highest BCUT2D eigenvalue weighted by molar-refractivity contribution is 8.00. The van der Waals surface area contributed by atoms with Crippen molar-refractivity contribution in [3.8, 4) is 0 Å². The molecule has 3 aromatic rings. The molecule has 11 nitrogen and oxygen atoms in total. The maximum absolute atomic E-state index is 13.9. The first-order valence-corrected chi connectivity index (χ1v) is 17.6. The molecule has 12 heteroatoms. The van der Waals surface area contributed by atoms with Crippen molar-refractivity contribution in [1.82, 2.24) is 21.3 Å². The zero-order valence-electron chi connectivity index (χ0n) is 28.0. The highest BCUT2D eigenvalue weighted by atomic mass is 32.2. The number of carbonyl (C=O) groups excluding carboxylic acids is 4. The monoisotopic (exact) mass is 700 g/mol. The first kappa shape index (κ1) is 37.9. The third-order valence-electron chi connectivity index (χ3n) is 8.26. The molecular formula is C38H44N4O7S. The number of nitrogens with one attached hydrogen (secondary N) is 4. The number of carboxylic acids is 1. The number of thioether (sulfide) groups is 1. The zero-order chi connectivity index (χ0) is 36.0. The van der Waals surface area contributed by atoms with Crippen molar-refractivity contribution in [3.05, 3.63) is 120 Å². The maximum Gasteiger partial charge on any atom is 0.322 e. The van der Waals surface area contributed by atoms with E-state index in [2.05, 4.69) is 21.3 Å². The van der Waals surface area contributed by atoms with Crippen LogP contribution in [0.3, 0.4) is 0 Å². The number of allylic oxidation sites excluding steroid dienone is 1. The molecule has 0 bridgehead atoms. The molecular weight excluding hydrogens is 657 g/mol. The fourth-order valence-electron chi connectivity index (χ4n) is 5.52. The summed E-state index contributed by atoms with van der Waals surface area (Å²) in [6.45, 7) is 0.963. The fraction of sp³-hybridized carbons (Fsp3) is 0.342. The van der Waals surface area contributed by atoms with E-state index in [1.165, 1.54) is 11.8 Å². The standard InChI is InChI=1S/C38H44N4O7S/c1-2-3-7-20-30(43)23-32(44)39-24-33(45)41-31(35(48)42-37(21-22-37)36(49)40-25-34(46)47)26-50-38(27-14-8-4-9-15-27,28-16-10-5-11-17-28)29-18-12-6-13-19-29/h4-20,30-31,43H,2-3,21-26H2,1H3,(H,39,44)(H,40,49)(H,41,45)(H,42,48)(H,46,47)/b20-7+/t30-,31-/m1/s1. The van der Waals surface area contributed by atoms with E-state index in [0.717, 1.165) is 29.5 Å². The summed E-state index contributed by atoms with van der Waals surface area (Å²) >= 11 is 1.44. The van der Waals surface area contributed by atoms with Gasteiger partial charge in [0, 0.05) is 5.75 Å². The van der Waals surface area contributed by atoms with Crippen LogP contribution in [0.2, 0.25) is 0 Å². The molecule has 1 aliphatic rings. The highest BCUT2D eigenvalue weighted by Crippen LogP contribution is 2.48. The Morgan fingerprint density at radius 1 is 0.820 bits per heavy atom. The molecule has 4 amide bonds. The molecule has 1 aliphatic carbocycles. The summed E-state index contributed by atoms with van der Waals surface area (Å²) in [6, 6.07) is 28.3. The van der Waals surface area contributed by atoms with E-state index >= 15 is 0 Å². The summed E-state index contributed by atoms with van der Waals surface area (Å²) in [5.74, 6) is -3.57. The van der Waals surface area contributed by atoms with Gasteiger partial charge in [-0.15, -0.1) is 11.8 Å². The number of amides is 4. The minimum Gasteiger partial charge on any atom is -0.480 e. The van der Waals surface area contributed by atoms with Crippen LogP contribution >= 0.6 is 11.8 Å². The van der Waals surface area contributed by atoms with Crippen LogP contribution in [-0.4, -0.2) is 76.3 Å². The largest absolute Gasteiger partial charge is 0.480 e. The molecule has 2 atom stereocenters. The molecule has 50 heavy (non-hydrogen) atoms. The van der Waals surface area contributed by atoms with E-state index in [9.17, 15) is 29.1 Å². The predicted molar refractivity (Wildman–Crippen MR) is 192 cm³/mol. The van der Waals surface area contributed by atoms with Gasteiger partial charge >= 0.3 is 5.97 Å². The van der Waals surface area contributed by atoms with Crippen molar-refractivity contribution >= 4 is 41.4 Å². The number of aliphatic carboxylic acids is 1. The van der Waals surface area contributed by atoms with Crippen molar-refractivity contribution < 1.29 is 34.2 Å². The van der Waals surface area contributed by atoms with Gasteiger partial charge in [0.2, 0.25) is 23.6 Å². The molecule has 0 unspecified atom stereocenters. The van der Waals surface area contributed by atoms with Gasteiger partial charge in [-0.3, -0.25) is 24.0 Å². The van der Waals surface area contributed by atoms with Gasteiger partial charge in [-0.1, -0.05) is 116 Å². The van der Waals surface area contributed by atoms with Crippen molar-refractivity contribution in [2.45, 2.75) is 61.5 Å². The van der Waals surface area contributed by atoms with Gasteiger partial charge in [-0.2, -0.15) is 0 Å². The van der Waals surface area contributed by atoms with Crippen LogP contribution in [0.25, 0.3) is 0 Å². The van der Waals surface area contributed by atoms with E-state index < -0.39 is 65.1 Å². The number of aliphatic hydroxyl groups is 1. The number of hydrogen-bond donors (Lipinski definition) is 6. The lowest BCUT2D eigenvalue weighted by Crippen LogP contribution is -2.57. The van der Waals surface area contributed by atoms with Crippen LogP contribution in [-0.2, 0) is 28.7 Å². The van der Waals surface area contributed by atoms with E-state index in [0.29, 0.717) is 12.8 Å². The Kier molecular flexibility index (Phi) is 13.8. The molecule has 1 saturated carbocycles. The predicted octanol–water partition coefficient (Wildman–Crippen LogP) is 3.27. The second-order valence-electron chi connectivity index (χ2n) is 12.1. The van der Waals surface area contributed by atoms with Crippen LogP contribution in [0.1, 0.15) is 55.7 Å². The number of rotatable bonds is 19. The average molecular weight is 701 g/mol. The molecule has 6 N–H and O–H groups in total. The van der Waals surface area contributed by atoms with Crippen molar-refractivity contribution in [2.75, 3.05) is 18.8 Å². The van der Waals surface area contributed by atoms with Crippen LogP contribution in [0.15, 0.2) is 103 Å². The number of aliphatic hydroxyl groups excluding tert-OH is 1. The lowest BCUT2D eigenvalue weighted by Gasteiger charge is -2.36. The lowest BCUT2D eigenvalue weighted by atomic mass is 9.84. The minimum absolute atomic E-state index is 0.0535. The highest BCUT2D eigenvalue weighted by Gasteiger charge is 2.52. The van der Waals surface area contributed by atoms with Crippen LogP contribution in [0.4, 0.5) is 0 Å². The van der Waals surface area contributed by atoms with Gasteiger partial charge < -0.3 is 31.5 Å². The molecule has 0 aromatic heterocycles. The molecule has 3 aromatic carbocycles. The van der Waals surface area contributed by atoms with Gasteiger partial charge in [0.1, 0.15) is 18.1 Å². The molecule has 0 heterocycles. The minimum atomic E-state index is -1.29. The van der Waals surface area contributed by atoms with E-state index in [4.69, 9.17) is 5.11 Å². The summed E-state index contributed by atoms with van der Waals surface area (Å²) in [5, 5.41) is 29.5. The molecule has 0 spiro atoms. The first-order chi connectivity index (χ1) is 24.1. The summed E-state index contributed by atoms with van der Waals surface area (Å²) < 4.78 is -0.821. The second kappa shape index (κ2) is 18.2. The maximum atomic E-state index is 13.9. The number of carbonyl (C=O) groups is 5. The van der Waals surface area contributed by atoms with Gasteiger partial charge in [-0.05, 0) is 36.0 Å². The fourth-order valence-corrected chi connectivity index (χ4v) is 7.08. The average Bonchev–Trinajstić information content (AvgIpc) is 3.91. The third kappa shape index (κ3) is 10.3. The summed E-state index contributed by atoms with van der Waals surface area (Å²) in [7, 11) is 0. The number of hydrogen-bond acceptors (Lipinski definition) is 7. The van der Waals surface area contributed by atoms with E-state index in [-0.39, 0.29) is 12.2 Å². The number of carboxylic acid groups (broad SMARTS) is 1. The van der Waals surface area contributed by atoms with Crippen LogP contribution in [0.5, 0.6) is 0 Å². The summed E-state index contributed by atoms with van der Waals surface area (Å²) in [4.78, 5) is 63.6. The Labute approximate surface area is 296 Å². The first-order valence-electron chi connectivity index (χ1n) is 16.6. The molecule has 264 valence electrons. The second-order valence-corrected chi connectivity index (χ2v) is 13.4. The molecule has 0 radical (unpaired) electrons. The molecule has 1 fully saturated rings. The van der Waals surface area contributed by atoms with E-state index in [1.54, 1.807) is 12.2 Å². The quantitative estimate of drug-likeness (QED) is 0.0817. The van der Waals surface area contributed by atoms with Crippen molar-refractivity contribution in [3.63, 3.8) is 0 Å². The van der Waals surface area contributed by atoms with Gasteiger partial charge in [-0.25, -0.2) is 0 Å². The van der Waals surface area contributed by atoms with Gasteiger partial charge in [0.05, 0.1) is 23.8 Å². The van der Waals surface area contributed by atoms with Crippen molar-refractivity contribution in [2.24, 2.45) is 0 Å². The van der Waals surface area contributed by atoms with Gasteiger partial charge in [0.15, 0.2) is 0 Å². The Bertz CT molecular complexity index is 1540. The van der Waals surface area contributed by atoms with Crippen molar-refractivity contribution in [1.29, 1.82) is 0 Å². The topological polar surface area (TPSA) is 174 Å². The van der Waals surface area contributed by atoms with E-state index in [1.807, 2.05) is 97.9 Å². The third-order valence-corrected chi connectivity index (χ3v) is 9.90. The SMILES string of the molecule is CCC/C=C/[C@@H](O)CC(=O)NCC(=O)N[C@H](CSC(c1ccccc1)(c1ccccc1)c1ccccc1)C(=O)NC1(C(=O)NCC(=O)O)CC1. The van der Waals surface area contributed by atoms with Crippen LogP contribution in [0, 0.1) is 0 Å². The molecule has 0 saturated heterocycles. The normalized spacial score (nSPS) is 14.6. The Morgan fingerprint density at radius 2 is 1.36 bits per heavy atom.